The smallest absolute Gasteiger partial charge is 0.254 e. The van der Waals surface area contributed by atoms with Crippen molar-refractivity contribution in [2.45, 2.75) is 6.10 Å². The zero-order chi connectivity index (χ0) is 13.8. The number of hydrogen-bond donors (Lipinski definition) is 0. The fourth-order valence-electron chi connectivity index (χ4n) is 1.83. The predicted octanol–water partition coefficient (Wildman–Crippen LogP) is 2.62. The van der Waals surface area contributed by atoms with Gasteiger partial charge in [-0.05, 0) is 24.3 Å². The molecule has 0 aliphatic carbocycles. The van der Waals surface area contributed by atoms with Gasteiger partial charge in [0.15, 0.2) is 0 Å². The Bertz CT molecular complexity index is 612. The van der Waals surface area contributed by atoms with Gasteiger partial charge in [-0.2, -0.15) is 0 Å². The molecule has 3 rings (SSSR count). The van der Waals surface area contributed by atoms with Crippen LogP contribution in [-0.4, -0.2) is 29.8 Å². The van der Waals surface area contributed by atoms with Crippen LogP contribution in [0, 0.1) is 0 Å². The fourth-order valence-corrected chi connectivity index (χ4v) is 1.83. The quantitative estimate of drug-likeness (QED) is 0.619. The van der Waals surface area contributed by atoms with Gasteiger partial charge in [0, 0.05) is 24.0 Å². The average molecular weight is 269 g/mol. The Morgan fingerprint density at radius 3 is 2.80 bits per heavy atom. The van der Waals surface area contributed by atoms with E-state index in [-0.39, 0.29) is 12.0 Å². The molecule has 4 heteroatoms. The van der Waals surface area contributed by atoms with Crippen LogP contribution < -0.4 is 4.74 Å². The second-order valence-electron chi connectivity index (χ2n) is 4.57. The maximum absolute atomic E-state index is 11.9. The van der Waals surface area contributed by atoms with Crippen molar-refractivity contribution in [3.8, 4) is 5.75 Å². The number of nitrogens with zero attached hydrogens (tertiary/aromatic N) is 1. The van der Waals surface area contributed by atoms with Crippen LogP contribution in [0.5, 0.6) is 5.75 Å². The molecule has 1 atom stereocenters. The largest absolute Gasteiger partial charge is 0.490 e. The molecule has 1 unspecified atom stereocenters. The van der Waals surface area contributed by atoms with Crippen LogP contribution in [0.25, 0.3) is 6.08 Å². The first-order valence-electron chi connectivity index (χ1n) is 6.52. The molecule has 1 fully saturated rings. The summed E-state index contributed by atoms with van der Waals surface area (Å²) in [6, 6.07) is 11.3. The Labute approximate surface area is 117 Å². The number of hydrogen-bond acceptors (Lipinski definition) is 3. The van der Waals surface area contributed by atoms with Crippen molar-refractivity contribution in [2.24, 2.45) is 0 Å². The Morgan fingerprint density at radius 1 is 1.30 bits per heavy atom. The number of allylic oxidation sites excluding steroid dienone is 1. The lowest BCUT2D eigenvalue weighted by Gasteiger charge is -2.07. The van der Waals surface area contributed by atoms with Crippen molar-refractivity contribution in [3.63, 3.8) is 0 Å². The maximum Gasteiger partial charge on any atom is 0.254 e. The summed E-state index contributed by atoms with van der Waals surface area (Å²) in [7, 11) is 0. The molecule has 4 nitrogen and oxygen atoms in total. The highest BCUT2D eigenvalue weighted by molar-refractivity contribution is 5.94. The molecule has 0 amide bonds. The van der Waals surface area contributed by atoms with E-state index in [4.69, 9.17) is 9.47 Å². The molecule has 102 valence electrons. The molecule has 0 spiro atoms. The summed E-state index contributed by atoms with van der Waals surface area (Å²) in [5, 5.41) is 0. The van der Waals surface area contributed by atoms with Crippen LogP contribution in [0.1, 0.15) is 10.4 Å². The van der Waals surface area contributed by atoms with Gasteiger partial charge >= 0.3 is 0 Å². The number of rotatable bonds is 5. The number of ether oxygens (including phenoxy) is 2. The van der Waals surface area contributed by atoms with Crippen LogP contribution in [0.4, 0.5) is 0 Å². The number of carbonyl (C=O) groups is 1. The summed E-state index contributed by atoms with van der Waals surface area (Å²) < 4.78 is 12.3. The van der Waals surface area contributed by atoms with Gasteiger partial charge in [0.2, 0.25) is 0 Å². The SMILES string of the molecule is O=C(/C=C/c1ccccc1OCC1CO1)n1cccc1. The first kappa shape index (κ1) is 12.7. The molecule has 0 radical (unpaired) electrons. The summed E-state index contributed by atoms with van der Waals surface area (Å²) in [5.41, 5.74) is 0.883. The summed E-state index contributed by atoms with van der Waals surface area (Å²) in [4.78, 5) is 11.9. The van der Waals surface area contributed by atoms with E-state index in [0.717, 1.165) is 17.9 Å². The predicted molar refractivity (Wildman–Crippen MR) is 75.8 cm³/mol. The lowest BCUT2D eigenvalue weighted by atomic mass is 10.2. The summed E-state index contributed by atoms with van der Waals surface area (Å²) >= 11 is 0. The molecule has 0 bridgehead atoms. The standard InChI is InChI=1S/C16H15NO3/c18-16(17-9-3-4-10-17)8-7-13-5-1-2-6-15(13)20-12-14-11-19-14/h1-10,14H,11-12H2/b8-7+. The van der Waals surface area contributed by atoms with Crippen LogP contribution in [-0.2, 0) is 4.74 Å². The highest BCUT2D eigenvalue weighted by atomic mass is 16.6. The summed E-state index contributed by atoms with van der Waals surface area (Å²) in [5.74, 6) is 0.676. The van der Waals surface area contributed by atoms with Gasteiger partial charge in [0.05, 0.1) is 6.61 Å². The van der Waals surface area contributed by atoms with E-state index in [1.807, 2.05) is 36.4 Å². The molecule has 1 aliphatic heterocycles. The van der Waals surface area contributed by atoms with Crippen LogP contribution in [0.2, 0.25) is 0 Å². The minimum Gasteiger partial charge on any atom is -0.490 e. The zero-order valence-electron chi connectivity index (χ0n) is 10.9. The molecule has 1 aromatic heterocycles. The number of carbonyl (C=O) groups excluding carboxylic acids is 1. The molecule has 1 aliphatic rings. The van der Waals surface area contributed by atoms with Gasteiger partial charge in [-0.15, -0.1) is 0 Å². The maximum atomic E-state index is 11.9. The Hall–Kier alpha value is -2.33. The third-order valence-electron chi connectivity index (χ3n) is 3.01. The van der Waals surface area contributed by atoms with E-state index < -0.39 is 0 Å². The van der Waals surface area contributed by atoms with E-state index in [1.54, 1.807) is 18.5 Å². The topological polar surface area (TPSA) is 43.8 Å². The number of benzene rings is 1. The van der Waals surface area contributed by atoms with Crippen molar-refractivity contribution in [1.82, 2.24) is 4.57 Å². The second kappa shape index (κ2) is 5.75. The first-order valence-corrected chi connectivity index (χ1v) is 6.52. The average Bonchev–Trinajstić information content (AvgIpc) is 3.14. The Balaban J connectivity index is 1.70. The van der Waals surface area contributed by atoms with Crippen molar-refractivity contribution in [2.75, 3.05) is 13.2 Å². The number of epoxide rings is 1. The molecule has 1 saturated heterocycles. The van der Waals surface area contributed by atoms with Crippen molar-refractivity contribution < 1.29 is 14.3 Å². The molecular weight excluding hydrogens is 254 g/mol. The highest BCUT2D eigenvalue weighted by Gasteiger charge is 2.23. The molecule has 20 heavy (non-hydrogen) atoms. The Morgan fingerprint density at radius 2 is 2.05 bits per heavy atom. The van der Waals surface area contributed by atoms with E-state index in [2.05, 4.69) is 0 Å². The van der Waals surface area contributed by atoms with E-state index in [9.17, 15) is 4.79 Å². The third-order valence-corrected chi connectivity index (χ3v) is 3.01. The zero-order valence-corrected chi connectivity index (χ0v) is 10.9. The summed E-state index contributed by atoms with van der Waals surface area (Å²) in [6.45, 7) is 1.32. The monoisotopic (exact) mass is 269 g/mol. The summed E-state index contributed by atoms with van der Waals surface area (Å²) in [6.07, 6.45) is 6.97. The number of aromatic nitrogens is 1. The molecular formula is C16H15NO3. The van der Waals surface area contributed by atoms with Gasteiger partial charge in [0.25, 0.3) is 5.91 Å². The molecule has 0 saturated carbocycles. The van der Waals surface area contributed by atoms with Crippen LogP contribution in [0.3, 0.4) is 0 Å². The first-order chi connectivity index (χ1) is 9.83. The van der Waals surface area contributed by atoms with Gasteiger partial charge < -0.3 is 9.47 Å². The molecule has 2 aromatic rings. The van der Waals surface area contributed by atoms with Crippen LogP contribution in [0.15, 0.2) is 54.9 Å². The van der Waals surface area contributed by atoms with Gasteiger partial charge in [-0.3, -0.25) is 9.36 Å². The normalized spacial score (nSPS) is 17.3. The van der Waals surface area contributed by atoms with Crippen molar-refractivity contribution in [3.05, 3.63) is 60.4 Å². The Kier molecular flexibility index (Phi) is 3.65. The van der Waals surface area contributed by atoms with Crippen LogP contribution >= 0.6 is 0 Å². The van der Waals surface area contributed by atoms with Gasteiger partial charge in [-0.25, -0.2) is 0 Å². The number of para-hydroxylation sites is 1. The van der Waals surface area contributed by atoms with Gasteiger partial charge in [0.1, 0.15) is 18.5 Å². The lowest BCUT2D eigenvalue weighted by Crippen LogP contribution is -2.05. The fraction of sp³-hybridized carbons (Fsp3) is 0.188. The minimum absolute atomic E-state index is 0.0877. The van der Waals surface area contributed by atoms with Gasteiger partial charge in [-0.1, -0.05) is 18.2 Å². The van der Waals surface area contributed by atoms with Crippen molar-refractivity contribution >= 4 is 12.0 Å². The minimum atomic E-state index is -0.0877. The van der Waals surface area contributed by atoms with E-state index >= 15 is 0 Å². The molecule has 0 N–H and O–H groups in total. The van der Waals surface area contributed by atoms with E-state index in [0.29, 0.717) is 6.61 Å². The lowest BCUT2D eigenvalue weighted by molar-refractivity contribution is 0.0970. The van der Waals surface area contributed by atoms with E-state index in [1.165, 1.54) is 10.6 Å². The third kappa shape index (κ3) is 3.16. The highest BCUT2D eigenvalue weighted by Crippen LogP contribution is 2.21. The van der Waals surface area contributed by atoms with Crippen molar-refractivity contribution in [1.29, 1.82) is 0 Å². The molecule has 2 heterocycles. The molecule has 1 aromatic carbocycles. The second-order valence-corrected chi connectivity index (χ2v) is 4.57.